The van der Waals surface area contributed by atoms with Crippen molar-refractivity contribution in [1.29, 1.82) is 0 Å². The molecule has 0 radical (unpaired) electrons. The Kier molecular flexibility index (Phi) is 2.48. The van der Waals surface area contributed by atoms with Crippen LogP contribution in [-0.4, -0.2) is 0 Å². The van der Waals surface area contributed by atoms with Crippen molar-refractivity contribution in [3.05, 3.63) is 106 Å². The van der Waals surface area contributed by atoms with E-state index >= 15 is 0 Å². The van der Waals surface area contributed by atoms with Gasteiger partial charge in [0, 0.05) is 11.3 Å². The van der Waals surface area contributed by atoms with E-state index in [1.54, 1.807) is 0 Å². The minimum Gasteiger partial charge on any atom is -0.0619 e. The third-order valence-electron chi connectivity index (χ3n) is 5.96. The molecule has 0 heterocycles. The molecule has 0 aliphatic heterocycles. The highest BCUT2D eigenvalue weighted by Crippen LogP contribution is 2.61. The van der Waals surface area contributed by atoms with Gasteiger partial charge in [0.1, 0.15) is 0 Å². The maximum atomic E-state index is 2.37. The molecular formula is C23H20. The lowest BCUT2D eigenvalue weighted by atomic mass is 9.49. The molecule has 3 aliphatic carbocycles. The highest BCUT2D eigenvalue weighted by molar-refractivity contribution is 5.72. The smallest absolute Gasteiger partial charge is 0.0483 e. The second-order valence-electron chi connectivity index (χ2n) is 7.16. The molecule has 6 rings (SSSR count). The zero-order valence-corrected chi connectivity index (χ0v) is 13.6. The molecule has 23 heavy (non-hydrogen) atoms. The highest BCUT2D eigenvalue weighted by atomic mass is 14.5. The van der Waals surface area contributed by atoms with Crippen LogP contribution < -0.4 is 0 Å². The molecular weight excluding hydrogens is 276 g/mol. The van der Waals surface area contributed by atoms with Crippen LogP contribution in [0.5, 0.6) is 0 Å². The summed E-state index contributed by atoms with van der Waals surface area (Å²) in [5.41, 5.74) is 9.02. The van der Waals surface area contributed by atoms with Crippen LogP contribution in [0.1, 0.15) is 53.1 Å². The molecule has 112 valence electrons. The predicted molar refractivity (Wildman–Crippen MR) is 95.0 cm³/mol. The van der Waals surface area contributed by atoms with Gasteiger partial charge in [-0.3, -0.25) is 0 Å². The molecule has 0 fully saturated rings. The molecule has 0 saturated heterocycles. The van der Waals surface area contributed by atoms with E-state index in [0.717, 1.165) is 0 Å². The van der Waals surface area contributed by atoms with E-state index in [2.05, 4.69) is 86.6 Å². The van der Waals surface area contributed by atoms with Crippen molar-refractivity contribution in [2.45, 2.75) is 25.2 Å². The Morgan fingerprint density at radius 3 is 1.30 bits per heavy atom. The zero-order valence-electron chi connectivity index (χ0n) is 13.6. The van der Waals surface area contributed by atoms with E-state index in [0.29, 0.717) is 11.8 Å². The van der Waals surface area contributed by atoms with E-state index in [1.165, 1.54) is 33.4 Å². The van der Waals surface area contributed by atoms with E-state index in [4.69, 9.17) is 0 Å². The summed E-state index contributed by atoms with van der Waals surface area (Å²) in [6, 6.07) is 27.3. The first-order valence-electron chi connectivity index (χ1n) is 8.54. The van der Waals surface area contributed by atoms with E-state index in [9.17, 15) is 0 Å². The molecule has 0 N–H and O–H groups in total. The average molecular weight is 296 g/mol. The van der Waals surface area contributed by atoms with Gasteiger partial charge in [-0.15, -0.1) is 0 Å². The molecule has 0 spiro atoms. The zero-order chi connectivity index (χ0) is 15.6. The largest absolute Gasteiger partial charge is 0.0619 e. The lowest BCUT2D eigenvalue weighted by Crippen LogP contribution is -2.45. The maximum absolute atomic E-state index is 2.37. The highest BCUT2D eigenvalue weighted by Gasteiger charge is 2.52. The third kappa shape index (κ3) is 1.38. The Labute approximate surface area is 137 Å². The van der Waals surface area contributed by atoms with Gasteiger partial charge in [-0.25, -0.2) is 0 Å². The van der Waals surface area contributed by atoms with Crippen molar-refractivity contribution in [2.75, 3.05) is 0 Å². The number of hydrogen-bond acceptors (Lipinski definition) is 0. The fourth-order valence-electron chi connectivity index (χ4n) is 5.19. The van der Waals surface area contributed by atoms with Crippen molar-refractivity contribution < 1.29 is 0 Å². The first-order valence-corrected chi connectivity index (χ1v) is 8.54. The van der Waals surface area contributed by atoms with Crippen molar-refractivity contribution in [2.24, 2.45) is 5.92 Å². The Hall–Kier alpha value is -2.34. The second-order valence-corrected chi connectivity index (χ2v) is 7.16. The van der Waals surface area contributed by atoms with Crippen molar-refractivity contribution in [1.82, 2.24) is 0 Å². The van der Waals surface area contributed by atoms with Crippen LogP contribution in [0.25, 0.3) is 0 Å². The van der Waals surface area contributed by atoms with Gasteiger partial charge in [0.2, 0.25) is 0 Å². The summed E-state index contributed by atoms with van der Waals surface area (Å²) in [5, 5.41) is 0. The molecule has 3 aliphatic rings. The van der Waals surface area contributed by atoms with Crippen molar-refractivity contribution >= 4 is 0 Å². The number of rotatable bonds is 1. The molecule has 3 aromatic carbocycles. The van der Waals surface area contributed by atoms with Crippen LogP contribution in [-0.2, 0) is 5.41 Å². The lowest BCUT2D eigenvalue weighted by Gasteiger charge is -2.53. The fraction of sp³-hybridized carbons (Fsp3) is 0.217. The Bertz CT molecular complexity index is 801. The Balaban J connectivity index is 2.02. The SMILES string of the molecule is CC(C)C12c3ccccc3C(c3ccccc31)c1ccccc12. The fourth-order valence-corrected chi connectivity index (χ4v) is 5.19. The summed E-state index contributed by atoms with van der Waals surface area (Å²) >= 11 is 0. The molecule has 0 heteroatoms. The van der Waals surface area contributed by atoms with E-state index < -0.39 is 0 Å². The van der Waals surface area contributed by atoms with Gasteiger partial charge in [0.15, 0.2) is 0 Å². The molecule has 0 atom stereocenters. The molecule has 0 nitrogen and oxygen atoms in total. The van der Waals surface area contributed by atoms with Gasteiger partial charge in [0.25, 0.3) is 0 Å². The molecule has 0 amide bonds. The summed E-state index contributed by atoms with van der Waals surface area (Å²) in [6.45, 7) is 4.74. The molecule has 2 bridgehead atoms. The van der Waals surface area contributed by atoms with Crippen LogP contribution in [0.3, 0.4) is 0 Å². The van der Waals surface area contributed by atoms with Crippen LogP contribution in [0.4, 0.5) is 0 Å². The van der Waals surface area contributed by atoms with Gasteiger partial charge in [-0.05, 0) is 39.3 Å². The first-order chi connectivity index (χ1) is 11.3. The summed E-state index contributed by atoms with van der Waals surface area (Å²) < 4.78 is 0. The maximum Gasteiger partial charge on any atom is 0.0483 e. The minimum absolute atomic E-state index is 0.0153. The van der Waals surface area contributed by atoms with E-state index in [-0.39, 0.29) is 5.41 Å². The molecule has 0 unspecified atom stereocenters. The summed E-state index contributed by atoms with van der Waals surface area (Å²) in [4.78, 5) is 0. The van der Waals surface area contributed by atoms with Crippen LogP contribution in [0, 0.1) is 5.92 Å². The van der Waals surface area contributed by atoms with E-state index in [1.807, 2.05) is 0 Å². The molecule has 3 aromatic rings. The predicted octanol–water partition coefficient (Wildman–Crippen LogP) is 5.48. The normalized spacial score (nSPS) is 23.3. The second kappa shape index (κ2) is 4.35. The van der Waals surface area contributed by atoms with Crippen molar-refractivity contribution in [3.8, 4) is 0 Å². The van der Waals surface area contributed by atoms with Crippen molar-refractivity contribution in [3.63, 3.8) is 0 Å². The van der Waals surface area contributed by atoms with Gasteiger partial charge < -0.3 is 0 Å². The third-order valence-corrected chi connectivity index (χ3v) is 5.96. The standard InChI is InChI=1S/C23H20/c1-15(2)23-19-12-6-3-9-16(19)22(17-10-4-7-13-20(17)23)18-11-5-8-14-21(18)23/h3-15,22H,1-2H3. The average Bonchev–Trinajstić information content (AvgIpc) is 2.61. The van der Waals surface area contributed by atoms with Gasteiger partial charge >= 0.3 is 0 Å². The van der Waals surface area contributed by atoms with Crippen LogP contribution in [0.15, 0.2) is 72.8 Å². The number of benzene rings is 3. The molecule has 0 aromatic heterocycles. The first kappa shape index (κ1) is 13.1. The quantitative estimate of drug-likeness (QED) is 0.557. The molecule has 0 saturated carbocycles. The Morgan fingerprint density at radius 2 is 0.957 bits per heavy atom. The van der Waals surface area contributed by atoms with Gasteiger partial charge in [0.05, 0.1) is 0 Å². The lowest BCUT2D eigenvalue weighted by molar-refractivity contribution is 0.403. The summed E-state index contributed by atoms with van der Waals surface area (Å²) in [6.07, 6.45) is 0. The Morgan fingerprint density at radius 1 is 0.609 bits per heavy atom. The van der Waals surface area contributed by atoms with Crippen LogP contribution in [0.2, 0.25) is 0 Å². The van der Waals surface area contributed by atoms with Gasteiger partial charge in [-0.1, -0.05) is 86.6 Å². The minimum atomic E-state index is -0.0153. The topological polar surface area (TPSA) is 0 Å². The summed E-state index contributed by atoms with van der Waals surface area (Å²) in [7, 11) is 0. The van der Waals surface area contributed by atoms with Gasteiger partial charge in [-0.2, -0.15) is 0 Å². The summed E-state index contributed by atoms with van der Waals surface area (Å²) in [5.74, 6) is 0.895. The van der Waals surface area contributed by atoms with Crippen LogP contribution >= 0.6 is 0 Å². The number of hydrogen-bond donors (Lipinski definition) is 0. The monoisotopic (exact) mass is 296 g/mol.